The smallest absolute Gasteiger partial charge is 0.175 e. The number of carbonyl (C=O) groups excluding carboxylic acids is 2. The van der Waals surface area contributed by atoms with Gasteiger partial charge < -0.3 is 14.4 Å². The quantitative estimate of drug-likeness (QED) is 0.247. The number of rotatable bonds is 8. The second-order valence-corrected chi connectivity index (χ2v) is 12.7. The molecule has 2 aliphatic carbocycles. The Kier molecular flexibility index (Phi) is 8.58. The van der Waals surface area contributed by atoms with E-state index in [0.717, 1.165) is 63.8 Å². The van der Waals surface area contributed by atoms with Crippen molar-refractivity contribution in [2.45, 2.75) is 78.4 Å². The lowest BCUT2D eigenvalue weighted by atomic mass is 9.71. The van der Waals surface area contributed by atoms with E-state index in [1.54, 1.807) is 0 Å². The lowest BCUT2D eigenvalue weighted by molar-refractivity contribution is -0.117. The molecule has 0 saturated heterocycles. The van der Waals surface area contributed by atoms with Gasteiger partial charge in [0.25, 0.3) is 0 Å². The Bertz CT molecular complexity index is 1570. The topological polar surface area (TPSA) is 55.8 Å². The molecule has 3 aliphatic rings. The molecular formula is C37H38BrNO4. The second kappa shape index (κ2) is 12.5. The molecule has 1 heterocycles. The molecule has 6 heteroatoms. The molecule has 0 radical (unpaired) electrons. The molecule has 0 bridgehead atoms. The zero-order chi connectivity index (χ0) is 30.1. The van der Waals surface area contributed by atoms with Gasteiger partial charge in [0.05, 0.1) is 11.1 Å². The minimum absolute atomic E-state index is 0.137. The van der Waals surface area contributed by atoms with Gasteiger partial charge in [-0.15, -0.1) is 0 Å². The van der Waals surface area contributed by atoms with E-state index in [-0.39, 0.29) is 11.6 Å². The molecule has 0 N–H and O–H groups in total. The minimum Gasteiger partial charge on any atom is -0.490 e. The summed E-state index contributed by atoms with van der Waals surface area (Å²) in [5.74, 6) is 1.09. The maximum absolute atomic E-state index is 13.8. The third kappa shape index (κ3) is 5.95. The van der Waals surface area contributed by atoms with Crippen molar-refractivity contribution in [2.75, 3.05) is 6.61 Å². The van der Waals surface area contributed by atoms with Crippen molar-refractivity contribution < 1.29 is 19.1 Å². The number of aryl methyl sites for hydroxylation is 2. The van der Waals surface area contributed by atoms with Crippen molar-refractivity contribution in [1.82, 2.24) is 4.90 Å². The van der Waals surface area contributed by atoms with Crippen LogP contribution >= 0.6 is 15.9 Å². The van der Waals surface area contributed by atoms with Crippen molar-refractivity contribution in [3.05, 3.63) is 115 Å². The van der Waals surface area contributed by atoms with E-state index in [9.17, 15) is 9.59 Å². The molecule has 0 aromatic heterocycles. The summed E-state index contributed by atoms with van der Waals surface area (Å²) in [6.45, 7) is 7.65. The maximum Gasteiger partial charge on any atom is 0.175 e. The maximum atomic E-state index is 13.8. The van der Waals surface area contributed by atoms with Gasteiger partial charge in [-0.1, -0.05) is 59.7 Å². The van der Waals surface area contributed by atoms with Crippen LogP contribution < -0.4 is 9.47 Å². The number of allylic oxidation sites excluding steroid dienone is 4. The summed E-state index contributed by atoms with van der Waals surface area (Å²) in [5.41, 5.74) is 9.22. The van der Waals surface area contributed by atoms with Crippen molar-refractivity contribution >= 4 is 27.5 Å². The average molecular weight is 641 g/mol. The summed E-state index contributed by atoms with van der Waals surface area (Å²) in [4.78, 5) is 29.9. The number of ether oxygens (including phenoxy) is 2. The summed E-state index contributed by atoms with van der Waals surface area (Å²) in [6, 6.07) is 20.8. The molecular weight excluding hydrogens is 602 g/mol. The largest absolute Gasteiger partial charge is 0.490 e. The fraction of sp³-hybridized carbons (Fsp3) is 0.351. The summed E-state index contributed by atoms with van der Waals surface area (Å²) < 4.78 is 13.3. The van der Waals surface area contributed by atoms with Gasteiger partial charge in [-0.2, -0.15) is 0 Å². The number of hydrogen-bond donors (Lipinski definition) is 0. The molecule has 0 amide bonds. The van der Waals surface area contributed by atoms with Gasteiger partial charge in [0.2, 0.25) is 0 Å². The zero-order valence-corrected chi connectivity index (χ0v) is 26.8. The van der Waals surface area contributed by atoms with Crippen molar-refractivity contribution in [2.24, 2.45) is 0 Å². The Balaban J connectivity index is 1.45. The summed E-state index contributed by atoms with van der Waals surface area (Å²) in [5, 5.41) is 0. The van der Waals surface area contributed by atoms with Crippen LogP contribution in [0.1, 0.15) is 79.2 Å². The van der Waals surface area contributed by atoms with E-state index in [1.165, 1.54) is 16.7 Å². The van der Waals surface area contributed by atoms with Crippen molar-refractivity contribution in [3.8, 4) is 11.5 Å². The first-order valence-electron chi connectivity index (χ1n) is 15.3. The highest BCUT2D eigenvalue weighted by atomic mass is 79.9. The Morgan fingerprint density at radius 2 is 1.42 bits per heavy atom. The fourth-order valence-corrected chi connectivity index (χ4v) is 7.55. The Morgan fingerprint density at radius 1 is 0.791 bits per heavy atom. The molecule has 0 atom stereocenters. The van der Waals surface area contributed by atoms with Crippen LogP contribution in [0.25, 0.3) is 0 Å². The summed E-state index contributed by atoms with van der Waals surface area (Å²) >= 11 is 3.78. The van der Waals surface area contributed by atoms with E-state index in [4.69, 9.17) is 9.47 Å². The van der Waals surface area contributed by atoms with Gasteiger partial charge in [-0.25, -0.2) is 0 Å². The molecule has 0 unspecified atom stereocenters. The van der Waals surface area contributed by atoms with E-state index in [0.29, 0.717) is 44.1 Å². The highest BCUT2D eigenvalue weighted by Gasteiger charge is 2.43. The third-order valence-electron chi connectivity index (χ3n) is 8.60. The molecule has 1 aliphatic heterocycles. The number of halogens is 1. The number of hydrogen-bond acceptors (Lipinski definition) is 5. The van der Waals surface area contributed by atoms with E-state index in [1.807, 2.05) is 37.3 Å². The number of ketones is 2. The van der Waals surface area contributed by atoms with Crippen molar-refractivity contribution in [3.63, 3.8) is 0 Å². The number of Topliss-reactive ketones (excluding diaryl/α,β-unsaturated/α-hetero) is 2. The number of nitrogens with zero attached hydrogens (tertiary/aromatic N) is 1. The van der Waals surface area contributed by atoms with Crippen LogP contribution in [0.15, 0.2) is 87.7 Å². The molecule has 0 spiro atoms. The van der Waals surface area contributed by atoms with Crippen LogP contribution in [0.2, 0.25) is 0 Å². The van der Waals surface area contributed by atoms with Crippen molar-refractivity contribution in [1.29, 1.82) is 0 Å². The van der Waals surface area contributed by atoms with E-state index < -0.39 is 5.92 Å². The second-order valence-electron chi connectivity index (χ2n) is 11.8. The van der Waals surface area contributed by atoms with E-state index in [2.05, 4.69) is 65.0 Å². The van der Waals surface area contributed by atoms with Crippen LogP contribution in [0, 0.1) is 13.8 Å². The van der Waals surface area contributed by atoms with Crippen LogP contribution in [-0.4, -0.2) is 23.1 Å². The highest BCUT2D eigenvalue weighted by molar-refractivity contribution is 9.10. The van der Waals surface area contributed by atoms with Crippen LogP contribution in [0.3, 0.4) is 0 Å². The van der Waals surface area contributed by atoms with Crippen LogP contribution in [0.4, 0.5) is 0 Å². The molecule has 0 fully saturated rings. The molecule has 3 aromatic carbocycles. The number of benzene rings is 3. The first kappa shape index (κ1) is 29.4. The average Bonchev–Trinajstić information content (AvgIpc) is 2.97. The molecule has 43 heavy (non-hydrogen) atoms. The lowest BCUT2D eigenvalue weighted by Crippen LogP contribution is -2.38. The fourth-order valence-electron chi connectivity index (χ4n) is 6.97. The molecule has 222 valence electrons. The molecule has 3 aromatic rings. The third-order valence-corrected chi connectivity index (χ3v) is 9.19. The minimum atomic E-state index is -0.415. The monoisotopic (exact) mass is 639 g/mol. The van der Waals surface area contributed by atoms with Gasteiger partial charge in [-0.3, -0.25) is 9.59 Å². The molecule has 0 saturated carbocycles. The first-order chi connectivity index (χ1) is 20.8. The zero-order valence-electron chi connectivity index (χ0n) is 25.2. The summed E-state index contributed by atoms with van der Waals surface area (Å²) in [7, 11) is 0. The van der Waals surface area contributed by atoms with Gasteiger partial charge in [0.1, 0.15) is 6.61 Å². The van der Waals surface area contributed by atoms with E-state index >= 15 is 0 Å². The molecule has 5 nitrogen and oxygen atoms in total. The normalized spacial score (nSPS) is 17.3. The Hall–Kier alpha value is -3.64. The van der Waals surface area contributed by atoms with Crippen LogP contribution in [-0.2, 0) is 22.7 Å². The van der Waals surface area contributed by atoms with Crippen LogP contribution in [0.5, 0.6) is 11.5 Å². The molecule has 6 rings (SSSR count). The van der Waals surface area contributed by atoms with Gasteiger partial charge in [-0.05, 0) is 91.2 Å². The van der Waals surface area contributed by atoms with Gasteiger partial charge in [0, 0.05) is 47.8 Å². The highest BCUT2D eigenvalue weighted by Crippen LogP contribution is 2.51. The Labute approximate surface area is 262 Å². The SMILES string of the molecule is CCOc1cc(C2C3=C(CCCC3=O)N(Cc3ccccc3)C3=C2C(=O)CCC3)cc(Br)c1OCc1cc(C)cc(C)c1. The predicted octanol–water partition coefficient (Wildman–Crippen LogP) is 8.66. The lowest BCUT2D eigenvalue weighted by Gasteiger charge is -2.44. The summed E-state index contributed by atoms with van der Waals surface area (Å²) in [6.07, 6.45) is 4.30. The van der Waals surface area contributed by atoms with Gasteiger partial charge in [0.15, 0.2) is 23.1 Å². The van der Waals surface area contributed by atoms with Gasteiger partial charge >= 0.3 is 0 Å². The predicted molar refractivity (Wildman–Crippen MR) is 172 cm³/mol. The number of carbonyl (C=O) groups is 2. The Morgan fingerprint density at radius 3 is 2.02 bits per heavy atom. The standard InChI is InChI=1S/C37H38BrNO4/c1-4-42-33-20-27(19-28(38)37(33)43-22-26-17-23(2)16-24(3)18-26)34-35-29(12-8-14-31(35)40)39(21-25-10-6-5-7-11-25)30-13-9-15-32(41)36(30)34/h5-7,10-11,16-20,34H,4,8-9,12-15,21-22H2,1-3H3. The first-order valence-corrected chi connectivity index (χ1v) is 16.1.